The summed E-state index contributed by atoms with van der Waals surface area (Å²) in [6.07, 6.45) is 2.22. The minimum Gasteiger partial charge on any atom is -0.300 e. The molecule has 0 bridgehead atoms. The number of pyridine rings is 1. The summed E-state index contributed by atoms with van der Waals surface area (Å²) in [5.41, 5.74) is 4.68. The van der Waals surface area contributed by atoms with Gasteiger partial charge in [0.15, 0.2) is 0 Å². The van der Waals surface area contributed by atoms with Gasteiger partial charge in [-0.25, -0.2) is 4.45 Å². The van der Waals surface area contributed by atoms with Gasteiger partial charge in [-0.1, -0.05) is 6.58 Å². The predicted molar refractivity (Wildman–Crippen MR) is 99.9 cm³/mol. The Morgan fingerprint density at radius 3 is 2.73 bits per heavy atom. The Morgan fingerprint density at radius 1 is 1.45 bits per heavy atom. The number of fused-ring (bicyclic) bond motifs is 1. The molecule has 1 unspecified atom stereocenters. The lowest BCUT2D eigenvalue weighted by atomic mass is 10.1. The van der Waals surface area contributed by atoms with Crippen LogP contribution >= 0.6 is 28.4 Å². The van der Waals surface area contributed by atoms with Crippen LogP contribution in [0.4, 0.5) is 0 Å². The topological polar surface area (TPSA) is 68.5 Å². The Morgan fingerprint density at radius 2 is 2.18 bits per heavy atom. The van der Waals surface area contributed by atoms with Gasteiger partial charge < -0.3 is 0 Å². The highest BCUT2D eigenvalue weighted by Crippen LogP contribution is 2.34. The van der Waals surface area contributed by atoms with Gasteiger partial charge in [0.2, 0.25) is 0 Å². The normalized spacial score (nSPS) is 11.8. The molecule has 3 rings (SSSR count). The fourth-order valence-corrected chi connectivity index (χ4v) is 4.23. The molecule has 3 heterocycles. The zero-order valence-electron chi connectivity index (χ0n) is 12.4. The largest absolute Gasteiger partial charge is 0.300 e. The molecule has 0 aliphatic rings. The summed E-state index contributed by atoms with van der Waals surface area (Å²) in [5.74, 6) is 0. The summed E-state index contributed by atoms with van der Waals surface area (Å²) in [4.78, 5) is 16.9. The summed E-state index contributed by atoms with van der Waals surface area (Å²) >= 11 is 2.29. The molecule has 0 aliphatic carbocycles. The van der Waals surface area contributed by atoms with E-state index in [0.29, 0.717) is 17.6 Å². The monoisotopic (exact) mass is 427 g/mol. The van der Waals surface area contributed by atoms with Crippen LogP contribution in [-0.2, 0) is 7.05 Å². The van der Waals surface area contributed by atoms with E-state index >= 15 is 0 Å². The first kappa shape index (κ1) is 15.4. The number of H-pyrrole nitrogens is 1. The van der Waals surface area contributed by atoms with Crippen LogP contribution in [-0.4, -0.2) is 24.3 Å². The van der Waals surface area contributed by atoms with Crippen molar-refractivity contribution >= 4 is 45.4 Å². The number of aryl methyl sites for hydroxylation is 3. The fraction of sp³-hybridized carbons (Fsp3) is 0.214. The zero-order chi connectivity index (χ0) is 16.0. The first-order chi connectivity index (χ1) is 10.5. The van der Waals surface area contributed by atoms with E-state index in [2.05, 4.69) is 43.8 Å². The quantitative estimate of drug-likeness (QED) is 0.516. The van der Waals surface area contributed by atoms with Gasteiger partial charge in [-0.3, -0.25) is 19.6 Å². The third-order valence-electron chi connectivity index (χ3n) is 3.62. The molecule has 3 aromatic heterocycles. The van der Waals surface area contributed by atoms with Crippen LogP contribution in [0.1, 0.15) is 17.1 Å². The Hall–Kier alpha value is -1.47. The van der Waals surface area contributed by atoms with Crippen LogP contribution in [0.2, 0.25) is 0 Å². The number of nitrogens with one attached hydrogen (secondary N) is 1. The lowest BCUT2D eigenvalue weighted by molar-refractivity contribution is 0.731. The van der Waals surface area contributed by atoms with Crippen molar-refractivity contribution in [1.82, 2.24) is 24.3 Å². The number of rotatable bonds is 3. The molecule has 0 saturated carbocycles. The lowest BCUT2D eigenvalue weighted by Crippen LogP contribution is -2.13. The van der Waals surface area contributed by atoms with Crippen LogP contribution in [0.5, 0.6) is 0 Å². The highest BCUT2D eigenvalue weighted by molar-refractivity contribution is 14.2. The van der Waals surface area contributed by atoms with Crippen molar-refractivity contribution in [3.05, 3.63) is 40.1 Å². The maximum absolute atomic E-state index is 12.3. The molecule has 0 saturated heterocycles. The molecule has 114 valence electrons. The SMILES string of the molecule is C=Cc1nn(PI)c2c(C)nc(-c3c(C)[nH]n(C)c3=O)cc12. The average molecular weight is 427 g/mol. The van der Waals surface area contributed by atoms with Gasteiger partial charge in [-0.05, 0) is 48.0 Å². The summed E-state index contributed by atoms with van der Waals surface area (Å²) < 4.78 is 3.40. The van der Waals surface area contributed by atoms with Crippen LogP contribution in [0.3, 0.4) is 0 Å². The van der Waals surface area contributed by atoms with Gasteiger partial charge in [-0.15, -0.1) is 0 Å². The number of hydrogen-bond acceptors (Lipinski definition) is 3. The summed E-state index contributed by atoms with van der Waals surface area (Å²) in [6, 6.07) is 1.93. The summed E-state index contributed by atoms with van der Waals surface area (Å²) in [6.45, 7) is 7.65. The van der Waals surface area contributed by atoms with Crippen molar-refractivity contribution < 1.29 is 0 Å². The summed E-state index contributed by atoms with van der Waals surface area (Å²) in [7, 11) is 1.70. The minimum absolute atomic E-state index is 0.0768. The van der Waals surface area contributed by atoms with Gasteiger partial charge in [0, 0.05) is 18.1 Å². The van der Waals surface area contributed by atoms with Crippen molar-refractivity contribution in [2.24, 2.45) is 7.05 Å². The summed E-state index contributed by atoms with van der Waals surface area (Å²) in [5, 5.41) is 8.53. The number of aromatic amines is 1. The van der Waals surface area contributed by atoms with Crippen molar-refractivity contribution in [3.8, 4) is 11.3 Å². The first-order valence-electron chi connectivity index (χ1n) is 6.63. The minimum atomic E-state index is -0.0768. The third kappa shape index (κ3) is 2.23. The van der Waals surface area contributed by atoms with E-state index in [-0.39, 0.29) is 5.56 Å². The number of hydrogen-bond donors (Lipinski definition) is 1. The van der Waals surface area contributed by atoms with Crippen molar-refractivity contribution in [2.75, 3.05) is 0 Å². The number of halogens is 1. The molecule has 1 atom stereocenters. The van der Waals surface area contributed by atoms with Gasteiger partial charge >= 0.3 is 0 Å². The second-order valence-electron chi connectivity index (χ2n) is 5.05. The highest BCUT2D eigenvalue weighted by atomic mass is 127. The Labute approximate surface area is 141 Å². The van der Waals surface area contributed by atoms with Crippen LogP contribution in [0.25, 0.3) is 28.2 Å². The van der Waals surface area contributed by atoms with E-state index in [1.54, 1.807) is 13.1 Å². The van der Waals surface area contributed by atoms with Gasteiger partial charge in [0.1, 0.15) is 0 Å². The van der Waals surface area contributed by atoms with Crippen LogP contribution in [0, 0.1) is 13.8 Å². The maximum atomic E-state index is 12.3. The second-order valence-corrected chi connectivity index (χ2v) is 7.09. The molecule has 8 heteroatoms. The Balaban J connectivity index is 2.38. The molecular weight excluding hydrogens is 412 g/mol. The molecule has 3 aromatic rings. The molecular formula is C14H15IN5OP. The van der Waals surface area contributed by atoms with E-state index in [9.17, 15) is 4.79 Å². The van der Waals surface area contributed by atoms with E-state index in [0.717, 1.165) is 28.0 Å². The van der Waals surface area contributed by atoms with E-state index in [1.165, 1.54) is 4.68 Å². The molecule has 0 radical (unpaired) electrons. The average Bonchev–Trinajstić information content (AvgIpc) is 2.96. The van der Waals surface area contributed by atoms with Crippen LogP contribution < -0.4 is 5.56 Å². The highest BCUT2D eigenvalue weighted by Gasteiger charge is 2.18. The molecule has 0 fully saturated rings. The predicted octanol–water partition coefficient (Wildman–Crippen LogP) is 3.18. The third-order valence-corrected chi connectivity index (χ3v) is 5.48. The molecule has 0 amide bonds. The van der Waals surface area contributed by atoms with Crippen LogP contribution in [0.15, 0.2) is 17.4 Å². The van der Waals surface area contributed by atoms with Gasteiger partial charge in [-0.2, -0.15) is 5.10 Å². The molecule has 0 aromatic carbocycles. The van der Waals surface area contributed by atoms with Crippen molar-refractivity contribution in [1.29, 1.82) is 0 Å². The van der Waals surface area contributed by atoms with Gasteiger partial charge in [0.25, 0.3) is 5.56 Å². The molecule has 22 heavy (non-hydrogen) atoms. The van der Waals surface area contributed by atoms with Gasteiger partial charge in [0.05, 0.1) is 34.5 Å². The van der Waals surface area contributed by atoms with E-state index < -0.39 is 0 Å². The molecule has 1 N–H and O–H groups in total. The Bertz CT molecular complexity index is 952. The molecule has 0 aliphatic heterocycles. The van der Waals surface area contributed by atoms with Crippen molar-refractivity contribution in [2.45, 2.75) is 13.8 Å². The maximum Gasteiger partial charge on any atom is 0.275 e. The fourth-order valence-electron chi connectivity index (χ4n) is 2.67. The number of nitrogens with zero attached hydrogens (tertiary/aromatic N) is 4. The zero-order valence-corrected chi connectivity index (χ0v) is 15.6. The first-order valence-corrected chi connectivity index (χ1v) is 10.7. The second kappa shape index (κ2) is 5.62. The smallest absolute Gasteiger partial charge is 0.275 e. The standard InChI is InChI=1S/C14H15IN5OP/c1-5-10-9-6-11(12-7(2)17-19(4)14(12)21)16-8(3)13(9)20(18-10)22-15/h5-6,17,22H,1H2,2-4H3. The molecule has 6 nitrogen and oxygen atoms in total. The van der Waals surface area contributed by atoms with Crippen molar-refractivity contribution in [3.63, 3.8) is 0 Å². The number of aromatic nitrogens is 5. The van der Waals surface area contributed by atoms with E-state index in [4.69, 9.17) is 0 Å². The Kier molecular flexibility index (Phi) is 3.94. The lowest BCUT2D eigenvalue weighted by Gasteiger charge is -2.04. The van der Waals surface area contributed by atoms with E-state index in [1.807, 2.05) is 24.4 Å². The molecule has 0 spiro atoms.